The van der Waals surface area contributed by atoms with E-state index in [9.17, 15) is 0 Å². The number of aromatic nitrogens is 3. The van der Waals surface area contributed by atoms with E-state index in [0.717, 1.165) is 45.2 Å². The van der Waals surface area contributed by atoms with Gasteiger partial charge in [0, 0.05) is 35.1 Å². The molecule has 156 valence electrons. The average Bonchev–Trinajstić information content (AvgIpc) is 3.50. The number of benzene rings is 2. The summed E-state index contributed by atoms with van der Waals surface area (Å²) in [7, 11) is 0. The Bertz CT molecular complexity index is 1270. The van der Waals surface area contributed by atoms with Crippen molar-refractivity contribution in [2.24, 2.45) is 0 Å². The highest BCUT2D eigenvalue weighted by molar-refractivity contribution is 7.09. The molecular formula is C25H24N4OS. The van der Waals surface area contributed by atoms with E-state index in [2.05, 4.69) is 65.2 Å². The van der Waals surface area contributed by atoms with E-state index in [1.54, 1.807) is 11.3 Å². The Hall–Kier alpha value is -3.22. The van der Waals surface area contributed by atoms with Crippen LogP contribution in [0, 0.1) is 6.92 Å². The number of furan rings is 1. The van der Waals surface area contributed by atoms with E-state index in [1.807, 2.05) is 35.9 Å². The number of thiazole rings is 1. The fourth-order valence-electron chi connectivity index (χ4n) is 3.70. The summed E-state index contributed by atoms with van der Waals surface area (Å²) >= 11 is 1.68. The minimum atomic E-state index is 0.158. The third-order valence-corrected chi connectivity index (χ3v) is 6.15. The Labute approximate surface area is 185 Å². The maximum atomic E-state index is 6.14. The lowest BCUT2D eigenvalue weighted by Gasteiger charge is -2.11. The fraction of sp³-hybridized carbons (Fsp3) is 0.200. The molecule has 6 heteroatoms. The molecule has 0 saturated heterocycles. The second-order valence-electron chi connectivity index (χ2n) is 7.73. The highest BCUT2D eigenvalue weighted by atomic mass is 32.1. The number of fused-ring (bicyclic) bond motifs is 1. The van der Waals surface area contributed by atoms with E-state index in [-0.39, 0.29) is 6.04 Å². The van der Waals surface area contributed by atoms with Crippen LogP contribution in [-0.4, -0.2) is 14.8 Å². The van der Waals surface area contributed by atoms with Gasteiger partial charge in [-0.05, 0) is 31.5 Å². The number of nitrogens with zero attached hydrogens (tertiary/aromatic N) is 3. The monoisotopic (exact) mass is 428 g/mol. The summed E-state index contributed by atoms with van der Waals surface area (Å²) in [5.41, 5.74) is 5.15. The summed E-state index contributed by atoms with van der Waals surface area (Å²) in [6, 6.07) is 20.7. The summed E-state index contributed by atoms with van der Waals surface area (Å²) in [6.07, 6.45) is 2.11. The first-order chi connectivity index (χ1) is 15.2. The van der Waals surface area contributed by atoms with Crippen LogP contribution in [0.4, 0.5) is 0 Å². The van der Waals surface area contributed by atoms with Crippen molar-refractivity contribution < 1.29 is 4.42 Å². The van der Waals surface area contributed by atoms with Crippen LogP contribution in [0.2, 0.25) is 0 Å². The molecule has 1 N–H and O–H groups in total. The Morgan fingerprint density at radius 1 is 1.10 bits per heavy atom. The second kappa shape index (κ2) is 8.49. The number of aryl methyl sites for hydroxylation is 1. The molecule has 0 aliphatic heterocycles. The summed E-state index contributed by atoms with van der Waals surface area (Å²) in [4.78, 5) is 4.61. The molecule has 0 amide bonds. The zero-order chi connectivity index (χ0) is 21.2. The van der Waals surface area contributed by atoms with E-state index >= 15 is 0 Å². The lowest BCUT2D eigenvalue weighted by Crippen LogP contribution is -2.18. The van der Waals surface area contributed by atoms with Crippen LogP contribution in [-0.2, 0) is 13.1 Å². The van der Waals surface area contributed by atoms with Crippen LogP contribution in [0.1, 0.15) is 34.8 Å². The number of hydrogen-bond donors (Lipinski definition) is 1. The molecule has 0 aliphatic carbocycles. The van der Waals surface area contributed by atoms with Gasteiger partial charge in [-0.1, -0.05) is 48.5 Å². The van der Waals surface area contributed by atoms with E-state index < -0.39 is 0 Å². The molecule has 5 nitrogen and oxygen atoms in total. The van der Waals surface area contributed by atoms with Crippen LogP contribution in [0.25, 0.3) is 22.4 Å². The first-order valence-corrected chi connectivity index (χ1v) is 11.3. The first-order valence-electron chi connectivity index (χ1n) is 10.4. The maximum Gasteiger partial charge on any atom is 0.156 e. The van der Waals surface area contributed by atoms with Gasteiger partial charge < -0.3 is 9.73 Å². The average molecular weight is 429 g/mol. The molecule has 0 saturated carbocycles. The van der Waals surface area contributed by atoms with Crippen molar-refractivity contribution in [3.63, 3.8) is 0 Å². The Morgan fingerprint density at radius 2 is 1.90 bits per heavy atom. The highest BCUT2D eigenvalue weighted by Gasteiger charge is 2.17. The third kappa shape index (κ3) is 4.31. The smallest absolute Gasteiger partial charge is 0.156 e. The van der Waals surface area contributed by atoms with E-state index in [0.29, 0.717) is 6.54 Å². The largest absolute Gasteiger partial charge is 0.454 e. The Kier molecular flexibility index (Phi) is 5.40. The van der Waals surface area contributed by atoms with Crippen molar-refractivity contribution in [3.8, 4) is 11.5 Å². The molecular weight excluding hydrogens is 404 g/mol. The lowest BCUT2D eigenvalue weighted by atomic mass is 10.1. The minimum Gasteiger partial charge on any atom is -0.454 e. The molecule has 31 heavy (non-hydrogen) atoms. The van der Waals surface area contributed by atoms with Crippen LogP contribution in [0.15, 0.2) is 76.7 Å². The van der Waals surface area contributed by atoms with Gasteiger partial charge >= 0.3 is 0 Å². The molecule has 1 atom stereocenters. The zero-order valence-electron chi connectivity index (χ0n) is 17.6. The highest BCUT2D eigenvalue weighted by Crippen LogP contribution is 2.29. The maximum absolute atomic E-state index is 6.14. The van der Waals surface area contributed by atoms with Gasteiger partial charge in [-0.15, -0.1) is 11.3 Å². The van der Waals surface area contributed by atoms with Crippen LogP contribution in [0.5, 0.6) is 0 Å². The van der Waals surface area contributed by atoms with Gasteiger partial charge in [-0.25, -0.2) is 4.98 Å². The van der Waals surface area contributed by atoms with Gasteiger partial charge in [-0.3, -0.25) is 4.68 Å². The number of rotatable bonds is 7. The van der Waals surface area contributed by atoms with Gasteiger partial charge in [0.05, 0.1) is 17.2 Å². The summed E-state index contributed by atoms with van der Waals surface area (Å²) in [5, 5.41) is 12.8. The topological polar surface area (TPSA) is 55.9 Å². The predicted octanol–water partition coefficient (Wildman–Crippen LogP) is 5.96. The normalized spacial score (nSPS) is 12.5. The van der Waals surface area contributed by atoms with Crippen molar-refractivity contribution >= 4 is 22.3 Å². The van der Waals surface area contributed by atoms with Gasteiger partial charge in [0.1, 0.15) is 11.3 Å². The molecule has 2 aromatic carbocycles. The summed E-state index contributed by atoms with van der Waals surface area (Å²) < 4.78 is 8.13. The van der Waals surface area contributed by atoms with Crippen LogP contribution >= 0.6 is 11.3 Å². The van der Waals surface area contributed by atoms with Crippen molar-refractivity contribution in [2.75, 3.05) is 0 Å². The molecule has 0 fully saturated rings. The Balaban J connectivity index is 1.45. The SMILES string of the molecule is Cc1nc([C@@H](C)NCc2cn(Cc3ccccc3)nc2-c2cc3ccccc3o2)cs1. The molecule has 5 rings (SSSR count). The molecule has 0 aliphatic rings. The molecule has 0 unspecified atom stereocenters. The van der Waals surface area contributed by atoms with Gasteiger partial charge in [0.25, 0.3) is 0 Å². The fourth-order valence-corrected chi connectivity index (χ4v) is 4.40. The van der Waals surface area contributed by atoms with Gasteiger partial charge in [-0.2, -0.15) is 5.10 Å². The third-order valence-electron chi connectivity index (χ3n) is 5.36. The number of nitrogens with one attached hydrogen (secondary N) is 1. The van der Waals surface area contributed by atoms with Gasteiger partial charge in [0.2, 0.25) is 0 Å². The van der Waals surface area contributed by atoms with Crippen molar-refractivity contribution in [1.82, 2.24) is 20.1 Å². The molecule has 0 bridgehead atoms. The second-order valence-corrected chi connectivity index (χ2v) is 8.79. The van der Waals surface area contributed by atoms with E-state index in [1.165, 1.54) is 5.56 Å². The molecule has 0 radical (unpaired) electrons. The standard InChI is InChI=1S/C25H24N4OS/c1-17(22-16-31-18(2)27-22)26-13-21-15-29(14-19-8-4-3-5-9-19)28-25(21)24-12-20-10-6-7-11-23(20)30-24/h3-12,15-17,26H,13-14H2,1-2H3/t17-/m1/s1. The molecule has 3 heterocycles. The van der Waals surface area contributed by atoms with Crippen LogP contribution < -0.4 is 5.32 Å². The summed E-state index contributed by atoms with van der Waals surface area (Å²) in [5.74, 6) is 0.793. The van der Waals surface area contributed by atoms with Crippen LogP contribution in [0.3, 0.4) is 0 Å². The van der Waals surface area contributed by atoms with Gasteiger partial charge in [0.15, 0.2) is 5.76 Å². The summed E-state index contributed by atoms with van der Waals surface area (Å²) in [6.45, 7) is 5.58. The number of para-hydroxylation sites is 1. The first kappa shape index (κ1) is 19.7. The van der Waals surface area contributed by atoms with Crippen molar-refractivity contribution in [2.45, 2.75) is 33.0 Å². The Morgan fingerprint density at radius 3 is 2.68 bits per heavy atom. The number of hydrogen-bond acceptors (Lipinski definition) is 5. The molecule has 3 aromatic heterocycles. The zero-order valence-corrected chi connectivity index (χ0v) is 18.4. The van der Waals surface area contributed by atoms with E-state index in [4.69, 9.17) is 9.52 Å². The predicted molar refractivity (Wildman–Crippen MR) is 125 cm³/mol. The van der Waals surface area contributed by atoms with Crippen molar-refractivity contribution in [1.29, 1.82) is 0 Å². The van der Waals surface area contributed by atoms with Crippen molar-refractivity contribution in [3.05, 3.63) is 94.1 Å². The molecule has 5 aromatic rings. The lowest BCUT2D eigenvalue weighted by molar-refractivity contribution is 0.562. The quantitative estimate of drug-likeness (QED) is 0.347. The molecule has 0 spiro atoms. The minimum absolute atomic E-state index is 0.158.